The Labute approximate surface area is 134 Å². The molecule has 1 heterocycles. The van der Waals surface area contributed by atoms with Crippen LogP contribution in [0.15, 0.2) is 23.1 Å². The first-order valence-corrected chi connectivity index (χ1v) is 8.62. The Morgan fingerprint density at radius 1 is 1.41 bits per heavy atom. The first kappa shape index (κ1) is 17.0. The van der Waals surface area contributed by atoms with Crippen LogP contribution in [0.25, 0.3) is 0 Å². The summed E-state index contributed by atoms with van der Waals surface area (Å²) in [5, 5.41) is 17.6. The molecule has 0 saturated carbocycles. The van der Waals surface area contributed by atoms with Crippen LogP contribution < -0.4 is 10.5 Å². The molecule has 7 nitrogen and oxygen atoms in total. The summed E-state index contributed by atoms with van der Waals surface area (Å²) in [7, 11) is -3.84. The Balaban J connectivity index is 2.07. The Kier molecular flexibility index (Phi) is 4.67. The molecule has 1 aromatic carbocycles. The molecule has 4 N–H and O–H groups in total. The normalized spacial score (nSPS) is 18.1. The number of hydrogen-bond donors (Lipinski definition) is 3. The van der Waals surface area contributed by atoms with Gasteiger partial charge in [0.15, 0.2) is 0 Å². The van der Waals surface area contributed by atoms with E-state index in [1.165, 1.54) is 18.2 Å². The molecule has 0 aromatic heterocycles. The van der Waals surface area contributed by atoms with E-state index in [9.17, 15) is 18.3 Å². The molecule has 122 valence electrons. The number of nitrogens with zero attached hydrogens (tertiary/aromatic N) is 1. The van der Waals surface area contributed by atoms with Gasteiger partial charge in [0.25, 0.3) is 0 Å². The van der Waals surface area contributed by atoms with E-state index in [1.54, 1.807) is 11.8 Å². The smallest absolute Gasteiger partial charge is 0.321 e. The SMILES string of the molecule is CC1(O)CCN(C(=O)Nc2ccc(S(N)(=O)=O)cc2Cl)CC1. The zero-order valence-electron chi connectivity index (χ0n) is 12.0. The van der Waals surface area contributed by atoms with E-state index in [-0.39, 0.29) is 15.9 Å². The van der Waals surface area contributed by atoms with Crippen molar-refractivity contribution in [3.05, 3.63) is 23.2 Å². The van der Waals surface area contributed by atoms with Crippen molar-refractivity contribution in [2.24, 2.45) is 5.14 Å². The van der Waals surface area contributed by atoms with Crippen molar-refractivity contribution in [3.8, 4) is 0 Å². The van der Waals surface area contributed by atoms with Crippen LogP contribution in [0.5, 0.6) is 0 Å². The van der Waals surface area contributed by atoms with Crippen molar-refractivity contribution < 1.29 is 18.3 Å². The minimum absolute atomic E-state index is 0.0869. The molecule has 0 bridgehead atoms. The second kappa shape index (κ2) is 6.04. The van der Waals surface area contributed by atoms with Crippen LogP contribution in [-0.4, -0.2) is 43.1 Å². The first-order chi connectivity index (χ1) is 10.1. The number of halogens is 1. The molecule has 1 fully saturated rings. The van der Waals surface area contributed by atoms with Gasteiger partial charge in [0.1, 0.15) is 0 Å². The number of sulfonamides is 1. The van der Waals surface area contributed by atoms with Crippen molar-refractivity contribution in [3.63, 3.8) is 0 Å². The fourth-order valence-electron chi connectivity index (χ4n) is 2.16. The highest BCUT2D eigenvalue weighted by atomic mass is 35.5. The van der Waals surface area contributed by atoms with E-state index in [2.05, 4.69) is 5.32 Å². The van der Waals surface area contributed by atoms with Gasteiger partial charge in [-0.25, -0.2) is 18.4 Å². The molecule has 0 unspecified atom stereocenters. The maximum absolute atomic E-state index is 12.1. The van der Waals surface area contributed by atoms with Crippen molar-refractivity contribution >= 4 is 33.3 Å². The summed E-state index contributed by atoms with van der Waals surface area (Å²) in [6.07, 6.45) is 0.997. The minimum Gasteiger partial charge on any atom is -0.390 e. The number of hydrogen-bond acceptors (Lipinski definition) is 4. The first-order valence-electron chi connectivity index (χ1n) is 6.69. The van der Waals surface area contributed by atoms with Gasteiger partial charge in [0.05, 0.1) is 21.2 Å². The predicted octanol–water partition coefficient (Wildman–Crippen LogP) is 1.37. The van der Waals surface area contributed by atoms with Gasteiger partial charge in [0, 0.05) is 13.1 Å². The van der Waals surface area contributed by atoms with Gasteiger partial charge >= 0.3 is 6.03 Å². The summed E-state index contributed by atoms with van der Waals surface area (Å²) in [5.74, 6) is 0. The Morgan fingerprint density at radius 2 is 2.00 bits per heavy atom. The third-order valence-corrected chi connectivity index (χ3v) is 4.86. The minimum atomic E-state index is -3.84. The zero-order chi connectivity index (χ0) is 16.5. The van der Waals surface area contributed by atoms with E-state index in [4.69, 9.17) is 16.7 Å². The van der Waals surface area contributed by atoms with Crippen molar-refractivity contribution in [1.82, 2.24) is 4.90 Å². The van der Waals surface area contributed by atoms with Crippen molar-refractivity contribution in [1.29, 1.82) is 0 Å². The number of amides is 2. The van der Waals surface area contributed by atoms with Gasteiger partial charge in [-0.15, -0.1) is 0 Å². The van der Waals surface area contributed by atoms with Crippen LogP contribution in [0.4, 0.5) is 10.5 Å². The van der Waals surface area contributed by atoms with Crippen LogP contribution in [0.1, 0.15) is 19.8 Å². The molecular formula is C13H18ClN3O4S. The van der Waals surface area contributed by atoms with Crippen LogP contribution in [0.2, 0.25) is 5.02 Å². The number of carbonyl (C=O) groups excluding carboxylic acids is 1. The number of nitrogens with two attached hydrogens (primary N) is 1. The molecular weight excluding hydrogens is 330 g/mol. The maximum atomic E-state index is 12.1. The molecule has 0 atom stereocenters. The average molecular weight is 348 g/mol. The lowest BCUT2D eigenvalue weighted by Gasteiger charge is -2.35. The lowest BCUT2D eigenvalue weighted by atomic mass is 9.94. The van der Waals surface area contributed by atoms with E-state index in [1.807, 2.05) is 0 Å². The van der Waals surface area contributed by atoms with Crippen LogP contribution in [-0.2, 0) is 10.0 Å². The lowest BCUT2D eigenvalue weighted by Crippen LogP contribution is -2.46. The largest absolute Gasteiger partial charge is 0.390 e. The summed E-state index contributed by atoms with van der Waals surface area (Å²) in [4.78, 5) is 13.6. The lowest BCUT2D eigenvalue weighted by molar-refractivity contribution is 0.00570. The van der Waals surface area contributed by atoms with E-state index >= 15 is 0 Å². The number of urea groups is 1. The summed E-state index contributed by atoms with van der Waals surface area (Å²) in [6, 6.07) is 3.51. The summed E-state index contributed by atoms with van der Waals surface area (Å²) in [5.41, 5.74) is -0.442. The Bertz CT molecular complexity index is 681. The fourth-order valence-corrected chi connectivity index (χ4v) is 2.99. The molecule has 1 saturated heterocycles. The molecule has 9 heteroatoms. The van der Waals surface area contributed by atoms with Crippen molar-refractivity contribution in [2.75, 3.05) is 18.4 Å². The van der Waals surface area contributed by atoms with Crippen molar-refractivity contribution in [2.45, 2.75) is 30.3 Å². The fraction of sp³-hybridized carbons (Fsp3) is 0.462. The van der Waals surface area contributed by atoms with E-state index < -0.39 is 15.6 Å². The standard InChI is InChI=1S/C13H18ClN3O4S/c1-13(19)4-6-17(7-5-13)12(18)16-11-3-2-9(8-10(11)14)22(15,20)21/h2-3,8,19H,4-7H2,1H3,(H,16,18)(H2,15,20,21). The monoisotopic (exact) mass is 347 g/mol. The van der Waals surface area contributed by atoms with Gasteiger partial charge < -0.3 is 15.3 Å². The second-order valence-corrected chi connectivity index (χ2v) is 7.57. The predicted molar refractivity (Wildman–Crippen MR) is 83.3 cm³/mol. The molecule has 1 aliphatic rings. The van der Waals surface area contributed by atoms with Gasteiger partial charge in [-0.05, 0) is 38.0 Å². The molecule has 0 spiro atoms. The summed E-state index contributed by atoms with van der Waals surface area (Å²) >= 11 is 5.97. The number of primary sulfonamides is 1. The van der Waals surface area contributed by atoms with Gasteiger partial charge in [-0.2, -0.15) is 0 Å². The van der Waals surface area contributed by atoms with Crippen LogP contribution in [0, 0.1) is 0 Å². The third-order valence-electron chi connectivity index (χ3n) is 3.64. The Morgan fingerprint density at radius 3 is 2.50 bits per heavy atom. The molecule has 22 heavy (non-hydrogen) atoms. The highest BCUT2D eigenvalue weighted by molar-refractivity contribution is 7.89. The van der Waals surface area contributed by atoms with E-state index in [0.717, 1.165) is 0 Å². The molecule has 2 amide bonds. The number of anilines is 1. The van der Waals surface area contributed by atoms with Crippen LogP contribution >= 0.6 is 11.6 Å². The Hall–Kier alpha value is -1.35. The number of aliphatic hydroxyl groups is 1. The third kappa shape index (κ3) is 4.10. The van der Waals surface area contributed by atoms with Gasteiger partial charge in [0.2, 0.25) is 10.0 Å². The molecule has 1 aromatic rings. The number of likely N-dealkylation sites (tertiary alicyclic amines) is 1. The van der Waals surface area contributed by atoms with Gasteiger partial charge in [-0.1, -0.05) is 11.6 Å². The van der Waals surface area contributed by atoms with E-state index in [0.29, 0.717) is 31.6 Å². The topological polar surface area (TPSA) is 113 Å². The number of rotatable bonds is 2. The number of nitrogens with one attached hydrogen (secondary N) is 1. The second-order valence-electron chi connectivity index (χ2n) is 5.60. The maximum Gasteiger partial charge on any atom is 0.321 e. The molecule has 0 radical (unpaired) electrons. The average Bonchev–Trinajstić information content (AvgIpc) is 2.39. The quantitative estimate of drug-likeness (QED) is 0.749. The number of piperidine rings is 1. The summed E-state index contributed by atoms with van der Waals surface area (Å²) < 4.78 is 22.5. The number of carbonyl (C=O) groups is 1. The summed E-state index contributed by atoms with van der Waals surface area (Å²) in [6.45, 7) is 2.61. The van der Waals surface area contributed by atoms with Gasteiger partial charge in [-0.3, -0.25) is 0 Å². The number of benzene rings is 1. The zero-order valence-corrected chi connectivity index (χ0v) is 13.6. The highest BCUT2D eigenvalue weighted by Crippen LogP contribution is 2.26. The molecule has 1 aliphatic heterocycles. The highest BCUT2D eigenvalue weighted by Gasteiger charge is 2.29. The molecule has 2 rings (SSSR count). The molecule has 0 aliphatic carbocycles. The van der Waals surface area contributed by atoms with Crippen LogP contribution in [0.3, 0.4) is 0 Å².